The van der Waals surface area contributed by atoms with Gasteiger partial charge in [0.2, 0.25) is 0 Å². The van der Waals surface area contributed by atoms with E-state index in [0.717, 1.165) is 28.8 Å². The molecule has 0 fully saturated rings. The fourth-order valence-corrected chi connectivity index (χ4v) is 4.55. The summed E-state index contributed by atoms with van der Waals surface area (Å²) in [6.07, 6.45) is 0. The van der Waals surface area contributed by atoms with Gasteiger partial charge in [0.05, 0.1) is 17.7 Å². The van der Waals surface area contributed by atoms with Crippen LogP contribution in [0.25, 0.3) is 0 Å². The first-order chi connectivity index (χ1) is 11.3. The number of carbonyl (C=O) groups is 1. The molecule has 0 saturated heterocycles. The Labute approximate surface area is 142 Å². The number of benzene rings is 1. The van der Waals surface area contributed by atoms with Gasteiger partial charge in [-0.25, -0.2) is 8.42 Å². The molecule has 1 aromatic carbocycles. The molecule has 0 aliphatic heterocycles. The summed E-state index contributed by atoms with van der Waals surface area (Å²) >= 11 is 0.988. The van der Waals surface area contributed by atoms with Crippen molar-refractivity contribution in [1.29, 1.82) is 0 Å². The van der Waals surface area contributed by atoms with E-state index in [-0.39, 0.29) is 15.6 Å². The van der Waals surface area contributed by atoms with Crippen molar-refractivity contribution in [3.05, 3.63) is 51.4 Å². The van der Waals surface area contributed by atoms with Gasteiger partial charge in [-0.15, -0.1) is 11.3 Å². The maximum Gasteiger partial charge on any atom is 0.326 e. The number of rotatable bonds is 6. The lowest BCUT2D eigenvalue weighted by molar-refractivity contribution is -0.384. The first kappa shape index (κ1) is 17.9. The van der Waals surface area contributed by atoms with Crippen LogP contribution in [0.2, 0.25) is 0 Å². The van der Waals surface area contributed by atoms with Crippen molar-refractivity contribution < 1.29 is 22.9 Å². The maximum atomic E-state index is 12.8. The summed E-state index contributed by atoms with van der Waals surface area (Å²) < 4.78 is 31.1. The van der Waals surface area contributed by atoms with Gasteiger partial charge in [-0.3, -0.25) is 19.2 Å². The van der Waals surface area contributed by atoms with Gasteiger partial charge in [-0.2, -0.15) is 0 Å². The summed E-state index contributed by atoms with van der Waals surface area (Å²) in [5, 5.41) is 12.6. The zero-order valence-corrected chi connectivity index (χ0v) is 14.5. The monoisotopic (exact) mass is 370 g/mol. The van der Waals surface area contributed by atoms with Crippen LogP contribution in [-0.2, 0) is 19.6 Å². The fraction of sp³-hybridized carbons (Fsp3) is 0.214. The van der Waals surface area contributed by atoms with Gasteiger partial charge in [0.15, 0.2) is 0 Å². The Morgan fingerprint density at radius 3 is 2.62 bits per heavy atom. The highest BCUT2D eigenvalue weighted by Crippen LogP contribution is 2.31. The molecule has 1 heterocycles. The third-order valence-electron chi connectivity index (χ3n) is 3.21. The van der Waals surface area contributed by atoms with Crippen LogP contribution in [0.5, 0.6) is 0 Å². The summed E-state index contributed by atoms with van der Waals surface area (Å²) in [6, 6.07) is 6.79. The summed E-state index contributed by atoms with van der Waals surface area (Å²) in [4.78, 5) is 22.0. The molecule has 0 atom stereocenters. The molecule has 1 aromatic heterocycles. The topological polar surface area (TPSA) is 107 Å². The highest BCUT2D eigenvalue weighted by Gasteiger charge is 2.30. The number of aryl methyl sites for hydroxylation is 1. The second-order valence-electron chi connectivity index (χ2n) is 4.75. The molecule has 24 heavy (non-hydrogen) atoms. The van der Waals surface area contributed by atoms with E-state index in [0.29, 0.717) is 5.56 Å². The van der Waals surface area contributed by atoms with Crippen LogP contribution in [0.4, 0.5) is 11.4 Å². The largest absolute Gasteiger partial charge is 0.468 e. The van der Waals surface area contributed by atoms with Crippen LogP contribution in [0, 0.1) is 17.0 Å². The second kappa shape index (κ2) is 6.97. The smallest absolute Gasteiger partial charge is 0.326 e. The Balaban J connectivity index is 2.62. The van der Waals surface area contributed by atoms with Crippen molar-refractivity contribution in [2.75, 3.05) is 18.0 Å². The molecule has 0 radical (unpaired) electrons. The predicted molar refractivity (Wildman–Crippen MR) is 88.7 cm³/mol. The molecule has 128 valence electrons. The third-order valence-corrected chi connectivity index (χ3v) is 6.34. The zero-order chi connectivity index (χ0) is 17.9. The molecule has 10 heteroatoms. The van der Waals surface area contributed by atoms with Crippen molar-refractivity contribution in [2.24, 2.45) is 0 Å². The molecule has 0 bridgehead atoms. The Kier molecular flexibility index (Phi) is 5.20. The van der Waals surface area contributed by atoms with Crippen molar-refractivity contribution in [3.63, 3.8) is 0 Å². The highest BCUT2D eigenvalue weighted by molar-refractivity contribution is 7.94. The Morgan fingerprint density at radius 1 is 1.38 bits per heavy atom. The first-order valence-electron chi connectivity index (χ1n) is 6.65. The van der Waals surface area contributed by atoms with Crippen molar-refractivity contribution >= 4 is 38.7 Å². The quantitative estimate of drug-likeness (QED) is 0.439. The molecule has 2 aromatic rings. The minimum atomic E-state index is -4.05. The number of hydrogen-bond donors (Lipinski definition) is 0. The number of nitro benzene ring substituents is 1. The number of thiophene rings is 1. The van der Waals surface area contributed by atoms with E-state index < -0.39 is 27.5 Å². The van der Waals surface area contributed by atoms with Crippen LogP contribution in [0.1, 0.15) is 5.56 Å². The average molecular weight is 370 g/mol. The molecular formula is C14H14N2O6S2. The lowest BCUT2D eigenvalue weighted by Gasteiger charge is -2.24. The molecule has 8 nitrogen and oxygen atoms in total. The number of methoxy groups -OCH3 is 1. The maximum absolute atomic E-state index is 12.8. The number of sulfonamides is 1. The lowest BCUT2D eigenvalue weighted by atomic mass is 10.2. The standard InChI is InChI=1S/C14H14N2O6S2/c1-10-5-6-11(16(18)19)8-12(10)15(9-13(17)22-2)24(20,21)14-4-3-7-23-14/h3-8H,9H2,1-2H3. The average Bonchev–Trinajstić information content (AvgIpc) is 3.08. The molecule has 0 spiro atoms. The third kappa shape index (κ3) is 3.54. The molecule has 0 amide bonds. The first-order valence-corrected chi connectivity index (χ1v) is 8.97. The predicted octanol–water partition coefficient (Wildman–Crippen LogP) is 2.33. The van der Waals surface area contributed by atoms with Gasteiger partial charge in [-0.05, 0) is 23.9 Å². The van der Waals surface area contributed by atoms with Crippen LogP contribution >= 0.6 is 11.3 Å². The number of non-ortho nitro benzene ring substituents is 1. The van der Waals surface area contributed by atoms with Crippen LogP contribution in [-0.4, -0.2) is 33.0 Å². The minimum absolute atomic E-state index is 0.0253. The Bertz CT molecular complexity index is 861. The van der Waals surface area contributed by atoms with Gasteiger partial charge in [0.1, 0.15) is 10.8 Å². The van der Waals surface area contributed by atoms with Gasteiger partial charge < -0.3 is 4.74 Å². The van der Waals surface area contributed by atoms with Gasteiger partial charge in [0.25, 0.3) is 15.7 Å². The number of ether oxygens (including phenoxy) is 1. The van der Waals surface area contributed by atoms with Crippen LogP contribution in [0.3, 0.4) is 0 Å². The van der Waals surface area contributed by atoms with E-state index in [1.807, 2.05) is 0 Å². The Morgan fingerprint density at radius 2 is 2.08 bits per heavy atom. The molecule has 0 N–H and O–H groups in total. The van der Waals surface area contributed by atoms with E-state index in [1.54, 1.807) is 18.4 Å². The molecule has 0 aliphatic carbocycles. The van der Waals surface area contributed by atoms with E-state index in [2.05, 4.69) is 4.74 Å². The number of carbonyl (C=O) groups excluding carboxylic acids is 1. The van der Waals surface area contributed by atoms with Crippen LogP contribution < -0.4 is 4.31 Å². The Hall–Kier alpha value is -2.46. The molecule has 2 rings (SSSR count). The second-order valence-corrected chi connectivity index (χ2v) is 7.78. The number of hydrogen-bond acceptors (Lipinski definition) is 7. The SMILES string of the molecule is COC(=O)CN(c1cc([N+](=O)[O-])ccc1C)S(=O)(=O)c1cccs1. The molecular weight excluding hydrogens is 356 g/mol. The van der Waals surface area contributed by atoms with E-state index in [1.165, 1.54) is 18.2 Å². The summed E-state index contributed by atoms with van der Waals surface area (Å²) in [5.74, 6) is -0.777. The van der Waals surface area contributed by atoms with E-state index in [4.69, 9.17) is 0 Å². The van der Waals surface area contributed by atoms with Crippen molar-refractivity contribution in [2.45, 2.75) is 11.1 Å². The summed E-state index contributed by atoms with van der Waals surface area (Å²) in [5.41, 5.74) is 0.263. The van der Waals surface area contributed by atoms with E-state index in [9.17, 15) is 23.3 Å². The number of anilines is 1. The van der Waals surface area contributed by atoms with Crippen molar-refractivity contribution in [3.8, 4) is 0 Å². The number of esters is 1. The zero-order valence-electron chi connectivity index (χ0n) is 12.8. The van der Waals surface area contributed by atoms with Crippen molar-refractivity contribution in [1.82, 2.24) is 0 Å². The molecule has 0 aliphatic rings. The number of nitro groups is 1. The van der Waals surface area contributed by atoms with Gasteiger partial charge in [0, 0.05) is 12.1 Å². The molecule has 0 unspecified atom stereocenters. The van der Waals surface area contributed by atoms with Gasteiger partial charge >= 0.3 is 5.97 Å². The van der Waals surface area contributed by atoms with Gasteiger partial charge in [-0.1, -0.05) is 12.1 Å². The van der Waals surface area contributed by atoms with Crippen LogP contribution in [0.15, 0.2) is 39.9 Å². The van der Waals surface area contributed by atoms with E-state index >= 15 is 0 Å². The lowest BCUT2D eigenvalue weighted by Crippen LogP contribution is -2.36. The number of nitrogens with zero attached hydrogens (tertiary/aromatic N) is 2. The summed E-state index contributed by atoms with van der Waals surface area (Å²) in [6.45, 7) is 1.02. The summed E-state index contributed by atoms with van der Waals surface area (Å²) in [7, 11) is -2.92. The normalized spacial score (nSPS) is 11.1. The minimum Gasteiger partial charge on any atom is -0.468 e. The highest BCUT2D eigenvalue weighted by atomic mass is 32.2. The fourth-order valence-electron chi connectivity index (χ4n) is 1.98. The molecule has 0 saturated carbocycles.